The molecule has 0 aliphatic heterocycles. The van der Waals surface area contributed by atoms with E-state index in [9.17, 15) is 0 Å². The summed E-state index contributed by atoms with van der Waals surface area (Å²) in [7, 11) is 3.68. The van der Waals surface area contributed by atoms with Gasteiger partial charge < -0.3 is 24.5 Å². The summed E-state index contributed by atoms with van der Waals surface area (Å²) in [5.74, 6) is 2.52. The Morgan fingerprint density at radius 1 is 1.10 bits per heavy atom. The summed E-state index contributed by atoms with van der Waals surface area (Å²) >= 11 is 0. The summed E-state index contributed by atoms with van der Waals surface area (Å²) in [5, 5.41) is 16.4. The summed E-state index contributed by atoms with van der Waals surface area (Å²) in [5.41, 5.74) is 1.27. The molecule has 0 saturated carbocycles. The monoisotopic (exact) mass is 397 g/mol. The number of guanidine groups is 1. The zero-order valence-corrected chi connectivity index (χ0v) is 17.6. The Balaban J connectivity index is 1.52. The normalized spacial score (nSPS) is 11.9. The molecule has 3 rings (SSSR count). The van der Waals surface area contributed by atoms with Crippen LogP contribution in [0.3, 0.4) is 0 Å². The zero-order valence-electron chi connectivity index (χ0n) is 17.6. The maximum absolute atomic E-state index is 5.12. The fraction of sp³-hybridized carbons (Fsp3) is 0.476. The number of hydrogen-bond donors (Lipinski definition) is 2. The lowest BCUT2D eigenvalue weighted by molar-refractivity contribution is 0.195. The average Bonchev–Trinajstić information content (AvgIpc) is 3.29. The van der Waals surface area contributed by atoms with Gasteiger partial charge in [-0.2, -0.15) is 0 Å². The van der Waals surface area contributed by atoms with Crippen molar-refractivity contribution < 1.29 is 4.74 Å². The third kappa shape index (κ3) is 5.80. The van der Waals surface area contributed by atoms with Gasteiger partial charge in [-0.1, -0.05) is 18.2 Å². The fourth-order valence-electron chi connectivity index (χ4n) is 3.13. The summed E-state index contributed by atoms with van der Waals surface area (Å²) < 4.78 is 9.38. The number of rotatable bonds is 10. The van der Waals surface area contributed by atoms with Crippen molar-refractivity contribution in [3.63, 3.8) is 0 Å². The SMILES string of the molecule is COCCCNC(=NCc1nnc(C)n1C)NCCCn1ccc2ccccc21. The van der Waals surface area contributed by atoms with Gasteiger partial charge in [-0.15, -0.1) is 10.2 Å². The first kappa shape index (κ1) is 20.9. The van der Waals surface area contributed by atoms with Crippen molar-refractivity contribution in [1.29, 1.82) is 0 Å². The molecule has 0 bridgehead atoms. The minimum atomic E-state index is 0.485. The van der Waals surface area contributed by atoms with Gasteiger partial charge >= 0.3 is 0 Å². The first-order valence-electron chi connectivity index (χ1n) is 10.1. The van der Waals surface area contributed by atoms with Crippen molar-refractivity contribution >= 4 is 16.9 Å². The molecule has 0 fully saturated rings. The van der Waals surface area contributed by atoms with Gasteiger partial charge in [0.1, 0.15) is 12.4 Å². The smallest absolute Gasteiger partial charge is 0.191 e. The van der Waals surface area contributed by atoms with E-state index in [0.717, 1.165) is 56.7 Å². The van der Waals surface area contributed by atoms with Crippen molar-refractivity contribution in [1.82, 2.24) is 30.0 Å². The van der Waals surface area contributed by atoms with E-state index >= 15 is 0 Å². The molecule has 0 amide bonds. The molecular formula is C21H31N7O. The van der Waals surface area contributed by atoms with E-state index in [2.05, 4.69) is 66.9 Å². The van der Waals surface area contributed by atoms with Crippen LogP contribution in [-0.2, 0) is 24.9 Å². The second-order valence-electron chi connectivity index (χ2n) is 7.01. The van der Waals surface area contributed by atoms with Gasteiger partial charge in [0.2, 0.25) is 0 Å². The Hall–Kier alpha value is -2.87. The molecule has 8 nitrogen and oxygen atoms in total. The van der Waals surface area contributed by atoms with E-state index in [1.807, 2.05) is 18.5 Å². The maximum Gasteiger partial charge on any atom is 0.191 e. The highest BCUT2D eigenvalue weighted by atomic mass is 16.5. The van der Waals surface area contributed by atoms with Crippen molar-refractivity contribution in [2.45, 2.75) is 32.9 Å². The van der Waals surface area contributed by atoms with Crippen LogP contribution < -0.4 is 10.6 Å². The molecule has 29 heavy (non-hydrogen) atoms. The van der Waals surface area contributed by atoms with Crippen molar-refractivity contribution in [2.75, 3.05) is 26.8 Å². The molecular weight excluding hydrogens is 366 g/mol. The highest BCUT2D eigenvalue weighted by molar-refractivity contribution is 5.80. The summed E-state index contributed by atoms with van der Waals surface area (Å²) in [4.78, 5) is 4.67. The minimum absolute atomic E-state index is 0.485. The molecule has 8 heteroatoms. The lowest BCUT2D eigenvalue weighted by atomic mass is 10.2. The van der Waals surface area contributed by atoms with Gasteiger partial charge in [-0.05, 0) is 37.3 Å². The quantitative estimate of drug-likeness (QED) is 0.312. The molecule has 0 radical (unpaired) electrons. The zero-order chi connectivity index (χ0) is 20.5. The van der Waals surface area contributed by atoms with Crippen LogP contribution in [0.25, 0.3) is 10.9 Å². The number of hydrogen-bond acceptors (Lipinski definition) is 4. The number of aliphatic imine (C=N–C) groups is 1. The van der Waals surface area contributed by atoms with Crippen LogP contribution in [-0.4, -0.2) is 52.1 Å². The number of nitrogens with one attached hydrogen (secondary N) is 2. The van der Waals surface area contributed by atoms with E-state index in [1.54, 1.807) is 7.11 Å². The molecule has 0 aliphatic rings. The maximum atomic E-state index is 5.12. The lowest BCUT2D eigenvalue weighted by Crippen LogP contribution is -2.39. The van der Waals surface area contributed by atoms with Crippen LogP contribution in [0.15, 0.2) is 41.5 Å². The molecule has 2 N–H and O–H groups in total. The molecule has 1 aromatic carbocycles. The van der Waals surface area contributed by atoms with E-state index in [1.165, 1.54) is 10.9 Å². The third-order valence-electron chi connectivity index (χ3n) is 4.93. The minimum Gasteiger partial charge on any atom is -0.385 e. The van der Waals surface area contributed by atoms with Crippen LogP contribution in [0.2, 0.25) is 0 Å². The summed E-state index contributed by atoms with van der Waals surface area (Å²) in [6.45, 7) is 5.75. The van der Waals surface area contributed by atoms with E-state index in [-0.39, 0.29) is 0 Å². The van der Waals surface area contributed by atoms with Crippen LogP contribution in [0, 0.1) is 6.92 Å². The Morgan fingerprint density at radius 2 is 1.90 bits per heavy atom. The average molecular weight is 398 g/mol. The highest BCUT2D eigenvalue weighted by Crippen LogP contribution is 2.15. The largest absolute Gasteiger partial charge is 0.385 e. The summed E-state index contributed by atoms with van der Waals surface area (Å²) in [6.07, 6.45) is 4.08. The number of nitrogens with zero attached hydrogens (tertiary/aromatic N) is 5. The van der Waals surface area contributed by atoms with Gasteiger partial charge in [0, 0.05) is 52.1 Å². The Kier molecular flexibility index (Phi) is 7.63. The second kappa shape index (κ2) is 10.6. The van der Waals surface area contributed by atoms with Gasteiger partial charge in [0.15, 0.2) is 11.8 Å². The molecule has 0 atom stereocenters. The van der Waals surface area contributed by atoms with Gasteiger partial charge in [-0.25, -0.2) is 4.99 Å². The lowest BCUT2D eigenvalue weighted by Gasteiger charge is -2.13. The van der Waals surface area contributed by atoms with Crippen LogP contribution in [0.1, 0.15) is 24.5 Å². The molecule has 2 aromatic heterocycles. The molecule has 156 valence electrons. The molecule has 0 spiro atoms. The number of methoxy groups -OCH3 is 1. The Bertz CT molecular complexity index is 928. The topological polar surface area (TPSA) is 81.3 Å². The second-order valence-corrected chi connectivity index (χ2v) is 7.01. The fourth-order valence-corrected chi connectivity index (χ4v) is 3.13. The van der Waals surface area contributed by atoms with Crippen LogP contribution in [0.4, 0.5) is 0 Å². The molecule has 0 unspecified atom stereocenters. The predicted octanol–water partition coefficient (Wildman–Crippen LogP) is 2.24. The number of aromatic nitrogens is 4. The van der Waals surface area contributed by atoms with Gasteiger partial charge in [0.05, 0.1) is 0 Å². The predicted molar refractivity (Wildman–Crippen MR) is 116 cm³/mol. The number of aryl methyl sites for hydroxylation is 2. The summed E-state index contributed by atoms with van der Waals surface area (Å²) in [6, 6.07) is 10.6. The van der Waals surface area contributed by atoms with E-state index in [4.69, 9.17) is 4.74 Å². The molecule has 2 heterocycles. The van der Waals surface area contributed by atoms with Crippen LogP contribution in [0.5, 0.6) is 0 Å². The first-order valence-corrected chi connectivity index (χ1v) is 10.1. The number of fused-ring (bicyclic) bond motifs is 1. The van der Waals surface area contributed by atoms with Crippen LogP contribution >= 0.6 is 0 Å². The molecule has 0 aliphatic carbocycles. The van der Waals surface area contributed by atoms with Crippen molar-refractivity contribution in [3.05, 3.63) is 48.2 Å². The van der Waals surface area contributed by atoms with Crippen molar-refractivity contribution in [3.8, 4) is 0 Å². The molecule has 3 aromatic rings. The van der Waals surface area contributed by atoms with E-state index < -0.39 is 0 Å². The first-order chi connectivity index (χ1) is 14.2. The van der Waals surface area contributed by atoms with Gasteiger partial charge in [0.25, 0.3) is 0 Å². The van der Waals surface area contributed by atoms with Gasteiger partial charge in [-0.3, -0.25) is 0 Å². The Morgan fingerprint density at radius 3 is 2.66 bits per heavy atom. The van der Waals surface area contributed by atoms with Crippen molar-refractivity contribution in [2.24, 2.45) is 12.0 Å². The Labute approximate surface area is 172 Å². The third-order valence-corrected chi connectivity index (χ3v) is 4.93. The molecule has 0 saturated heterocycles. The number of benzene rings is 1. The highest BCUT2D eigenvalue weighted by Gasteiger charge is 2.05. The number of ether oxygens (including phenoxy) is 1. The standard InChI is InChI=1S/C21H31N7O/c1-17-25-26-20(27(17)2)16-24-21(23-12-7-15-29-3)22-11-6-13-28-14-10-18-8-4-5-9-19(18)28/h4-5,8-10,14H,6-7,11-13,15-16H2,1-3H3,(H2,22,23,24). The number of para-hydroxylation sites is 1. The van der Waals surface area contributed by atoms with E-state index in [0.29, 0.717) is 6.54 Å².